The predicted octanol–water partition coefficient (Wildman–Crippen LogP) is 12.8. The van der Waals surface area contributed by atoms with Crippen molar-refractivity contribution in [1.82, 2.24) is 4.57 Å². The van der Waals surface area contributed by atoms with E-state index in [2.05, 4.69) is 151 Å². The van der Waals surface area contributed by atoms with Crippen LogP contribution in [-0.2, 0) is 10.8 Å². The van der Waals surface area contributed by atoms with E-state index >= 15 is 0 Å². The van der Waals surface area contributed by atoms with Crippen LogP contribution in [0.25, 0.3) is 81.7 Å². The molecule has 0 N–H and O–H groups in total. The summed E-state index contributed by atoms with van der Waals surface area (Å²) in [6.07, 6.45) is 0. The first-order chi connectivity index (χ1) is 21.9. The highest BCUT2D eigenvalue weighted by Gasteiger charge is 2.24. The highest BCUT2D eigenvalue weighted by Crippen LogP contribution is 2.47. The first-order valence-electron chi connectivity index (χ1n) is 16.5. The Morgan fingerprint density at radius 1 is 0.478 bits per heavy atom. The molecule has 7 aromatic carbocycles. The molecular formula is C44H39NO. The molecule has 0 saturated heterocycles. The second-order valence-electron chi connectivity index (χ2n) is 15.7. The third-order valence-electron chi connectivity index (χ3n) is 10.3. The van der Waals surface area contributed by atoms with E-state index in [1.807, 2.05) is 0 Å². The molecule has 2 heterocycles. The molecule has 2 aromatic heterocycles. The molecule has 0 spiro atoms. The second kappa shape index (κ2) is 8.91. The molecule has 2 heteroatoms. The van der Waals surface area contributed by atoms with Crippen LogP contribution < -0.4 is 0 Å². The molecule has 226 valence electrons. The van der Waals surface area contributed by atoms with Gasteiger partial charge in [0.25, 0.3) is 0 Å². The third-order valence-corrected chi connectivity index (χ3v) is 10.3. The molecule has 0 aliphatic rings. The highest BCUT2D eigenvalue weighted by atomic mass is 16.3. The summed E-state index contributed by atoms with van der Waals surface area (Å²) >= 11 is 0. The zero-order valence-electron chi connectivity index (χ0n) is 28.0. The first kappa shape index (κ1) is 27.5. The van der Waals surface area contributed by atoms with Crippen molar-refractivity contribution in [1.29, 1.82) is 0 Å². The van der Waals surface area contributed by atoms with Crippen LogP contribution in [-0.4, -0.2) is 4.57 Å². The summed E-state index contributed by atoms with van der Waals surface area (Å²) in [7, 11) is 0. The number of aromatic nitrogens is 1. The molecule has 0 bridgehead atoms. The van der Waals surface area contributed by atoms with Crippen LogP contribution in [0, 0.1) is 13.8 Å². The molecule has 0 aliphatic heterocycles. The average Bonchev–Trinajstić information content (AvgIpc) is 3.52. The number of hydrogen-bond donors (Lipinski definition) is 0. The monoisotopic (exact) mass is 597 g/mol. The minimum Gasteiger partial charge on any atom is -0.456 e. The Labute approximate surface area is 269 Å². The molecule has 0 atom stereocenters. The van der Waals surface area contributed by atoms with Crippen molar-refractivity contribution >= 4 is 76.1 Å². The van der Waals surface area contributed by atoms with Crippen LogP contribution in [0.1, 0.15) is 63.8 Å². The Hall–Kier alpha value is -4.82. The second-order valence-corrected chi connectivity index (χ2v) is 15.7. The summed E-state index contributed by atoms with van der Waals surface area (Å²) in [4.78, 5) is 0. The normalized spacial score (nSPS) is 13.2. The Balaban J connectivity index is 1.48. The fourth-order valence-electron chi connectivity index (χ4n) is 8.00. The lowest BCUT2D eigenvalue weighted by atomic mass is 9.85. The van der Waals surface area contributed by atoms with Gasteiger partial charge >= 0.3 is 0 Å². The van der Waals surface area contributed by atoms with Gasteiger partial charge < -0.3 is 8.98 Å². The molecule has 9 rings (SSSR count). The van der Waals surface area contributed by atoms with E-state index in [1.165, 1.54) is 92.8 Å². The number of nitrogens with zero attached hydrogens (tertiary/aromatic N) is 1. The maximum absolute atomic E-state index is 6.51. The topological polar surface area (TPSA) is 18.1 Å². The molecule has 9 aromatic rings. The Bertz CT molecular complexity index is 2700. The summed E-state index contributed by atoms with van der Waals surface area (Å²) in [5.41, 5.74) is 11.0. The van der Waals surface area contributed by atoms with Gasteiger partial charge in [-0.05, 0) is 122 Å². The van der Waals surface area contributed by atoms with Crippen molar-refractivity contribution in [3.8, 4) is 5.69 Å². The summed E-state index contributed by atoms with van der Waals surface area (Å²) in [5, 5.41) is 12.7. The Morgan fingerprint density at radius 2 is 1.09 bits per heavy atom. The predicted molar refractivity (Wildman–Crippen MR) is 199 cm³/mol. The van der Waals surface area contributed by atoms with Gasteiger partial charge in [-0.2, -0.15) is 0 Å². The van der Waals surface area contributed by atoms with Crippen LogP contribution in [0.4, 0.5) is 0 Å². The van der Waals surface area contributed by atoms with Crippen molar-refractivity contribution in [2.24, 2.45) is 0 Å². The Morgan fingerprint density at radius 3 is 1.78 bits per heavy atom. The van der Waals surface area contributed by atoms with E-state index in [4.69, 9.17) is 4.42 Å². The van der Waals surface area contributed by atoms with Crippen LogP contribution in [0.5, 0.6) is 0 Å². The zero-order chi connectivity index (χ0) is 31.9. The van der Waals surface area contributed by atoms with Gasteiger partial charge in [0, 0.05) is 32.6 Å². The molecule has 0 amide bonds. The number of aryl methyl sites for hydroxylation is 2. The number of furan rings is 1. The third kappa shape index (κ3) is 3.76. The van der Waals surface area contributed by atoms with Crippen LogP contribution >= 0.6 is 0 Å². The van der Waals surface area contributed by atoms with Gasteiger partial charge in [-0.3, -0.25) is 0 Å². The molecule has 46 heavy (non-hydrogen) atoms. The van der Waals surface area contributed by atoms with Gasteiger partial charge in [0.1, 0.15) is 11.2 Å². The minimum absolute atomic E-state index is 0.0571. The number of hydrogen-bond acceptors (Lipinski definition) is 1. The van der Waals surface area contributed by atoms with Gasteiger partial charge in [-0.15, -0.1) is 0 Å². The molecule has 0 saturated carbocycles. The summed E-state index contributed by atoms with van der Waals surface area (Å²) in [5.74, 6) is 0. The summed E-state index contributed by atoms with van der Waals surface area (Å²) in [6.45, 7) is 18.1. The lowest BCUT2D eigenvalue weighted by molar-refractivity contribution is 0.590. The van der Waals surface area contributed by atoms with Gasteiger partial charge in [0.05, 0.1) is 11.0 Å². The zero-order valence-corrected chi connectivity index (χ0v) is 28.0. The first-order valence-corrected chi connectivity index (χ1v) is 16.5. The maximum atomic E-state index is 6.51. The van der Waals surface area contributed by atoms with E-state index in [-0.39, 0.29) is 10.8 Å². The van der Waals surface area contributed by atoms with E-state index in [9.17, 15) is 0 Å². The van der Waals surface area contributed by atoms with Crippen molar-refractivity contribution in [2.75, 3.05) is 0 Å². The van der Waals surface area contributed by atoms with Gasteiger partial charge in [0.15, 0.2) is 0 Å². The minimum atomic E-state index is 0.0571. The fourth-order valence-corrected chi connectivity index (χ4v) is 8.00. The molecule has 0 fully saturated rings. The van der Waals surface area contributed by atoms with Crippen molar-refractivity contribution in [3.63, 3.8) is 0 Å². The quantitative estimate of drug-likeness (QED) is 0.172. The van der Waals surface area contributed by atoms with Gasteiger partial charge in [-0.1, -0.05) is 84.0 Å². The molecular weight excluding hydrogens is 558 g/mol. The largest absolute Gasteiger partial charge is 0.456 e. The van der Waals surface area contributed by atoms with E-state index in [0.29, 0.717) is 0 Å². The smallest absolute Gasteiger partial charge is 0.136 e. The number of fused-ring (bicyclic) bond motifs is 8. The maximum Gasteiger partial charge on any atom is 0.136 e. The van der Waals surface area contributed by atoms with Gasteiger partial charge in [-0.25, -0.2) is 0 Å². The summed E-state index contributed by atoms with van der Waals surface area (Å²) < 4.78 is 9.03. The molecule has 0 unspecified atom stereocenters. The molecule has 0 radical (unpaired) electrons. The van der Waals surface area contributed by atoms with E-state index < -0.39 is 0 Å². The SMILES string of the molecule is Cc1cc(C)cc(-n2c3ccc(C(C)(C)C)cc3c3cc4ccc5c6c(cc7ccc(c4c75)c32)oc2ccc(C(C)(C)C)cc26)c1. The molecule has 2 nitrogen and oxygen atoms in total. The van der Waals surface area contributed by atoms with E-state index in [0.717, 1.165) is 11.2 Å². The van der Waals surface area contributed by atoms with Crippen LogP contribution in [0.15, 0.2) is 95.4 Å². The van der Waals surface area contributed by atoms with Crippen molar-refractivity contribution in [2.45, 2.75) is 66.2 Å². The van der Waals surface area contributed by atoms with Gasteiger partial charge in [0.2, 0.25) is 0 Å². The van der Waals surface area contributed by atoms with Crippen molar-refractivity contribution in [3.05, 3.63) is 113 Å². The molecule has 0 aliphatic carbocycles. The van der Waals surface area contributed by atoms with Crippen LogP contribution in [0.2, 0.25) is 0 Å². The lowest BCUT2D eigenvalue weighted by Crippen LogP contribution is -2.10. The van der Waals surface area contributed by atoms with Crippen LogP contribution in [0.3, 0.4) is 0 Å². The van der Waals surface area contributed by atoms with Crippen molar-refractivity contribution < 1.29 is 4.42 Å². The fraction of sp³-hybridized carbons (Fsp3) is 0.227. The number of benzene rings is 7. The highest BCUT2D eigenvalue weighted by molar-refractivity contribution is 6.36. The standard InChI is InChI=1S/C44H39NO/c1-24-17-25(2)19-30(18-24)45-36-15-11-28(43(3,4)5)22-33(36)34-20-26-9-13-31-39-27(10-14-32(40(26)39)42(34)45)21-38-41(31)35-23-29(44(6,7)8)12-16-37(35)46-38/h9-23H,1-8H3. The lowest BCUT2D eigenvalue weighted by Gasteiger charge is -2.19. The summed E-state index contributed by atoms with van der Waals surface area (Å²) in [6, 6.07) is 34.8. The number of rotatable bonds is 1. The average molecular weight is 598 g/mol. The Kier molecular flexibility index (Phi) is 5.33. The van der Waals surface area contributed by atoms with E-state index in [1.54, 1.807) is 0 Å².